The predicted octanol–water partition coefficient (Wildman–Crippen LogP) is 3.24. The van der Waals surface area contributed by atoms with Crippen LogP contribution in [0.15, 0.2) is 71.6 Å². The van der Waals surface area contributed by atoms with E-state index in [1.807, 2.05) is 30.3 Å². The summed E-state index contributed by atoms with van der Waals surface area (Å²) >= 11 is 0. The quantitative estimate of drug-likeness (QED) is 0.563. The molecule has 0 aliphatic rings. The van der Waals surface area contributed by atoms with Gasteiger partial charge in [-0.15, -0.1) is 0 Å². The number of hydrogen-bond donors (Lipinski definition) is 2. The van der Waals surface area contributed by atoms with Crippen molar-refractivity contribution in [2.75, 3.05) is 25.0 Å². The maximum Gasteiger partial charge on any atom is 0.251 e. The molecular formula is C23H25N3O4S. The molecule has 31 heavy (non-hydrogen) atoms. The molecule has 0 aliphatic carbocycles. The lowest BCUT2D eigenvalue weighted by atomic mass is 10.1. The van der Waals surface area contributed by atoms with Gasteiger partial charge in [-0.2, -0.15) is 4.31 Å². The standard InChI is InChI=1S/C23H25N3O4S/c1-3-26(4-2)31(29,30)21-13-11-20(12-14-21)25-22(27)16-24-23(28)19-10-9-17-7-5-6-8-18(17)15-19/h5-15H,3-4,16H2,1-2H3,(H,24,28)(H,25,27). The van der Waals surface area contributed by atoms with Gasteiger partial charge in [0.1, 0.15) is 0 Å². The van der Waals surface area contributed by atoms with E-state index in [-0.39, 0.29) is 17.3 Å². The molecule has 2 N–H and O–H groups in total. The topological polar surface area (TPSA) is 95.6 Å². The number of sulfonamides is 1. The lowest BCUT2D eigenvalue weighted by Gasteiger charge is -2.18. The molecule has 3 aromatic rings. The van der Waals surface area contributed by atoms with Gasteiger partial charge in [0, 0.05) is 24.3 Å². The highest BCUT2D eigenvalue weighted by molar-refractivity contribution is 7.89. The van der Waals surface area contributed by atoms with Crippen LogP contribution in [-0.2, 0) is 14.8 Å². The first-order chi connectivity index (χ1) is 14.8. The second-order valence-electron chi connectivity index (χ2n) is 6.91. The predicted molar refractivity (Wildman–Crippen MR) is 121 cm³/mol. The average Bonchev–Trinajstić information content (AvgIpc) is 2.78. The fraction of sp³-hybridized carbons (Fsp3) is 0.217. The molecule has 0 radical (unpaired) electrons. The maximum atomic E-state index is 12.5. The van der Waals surface area contributed by atoms with Crippen LogP contribution < -0.4 is 10.6 Å². The first-order valence-corrected chi connectivity index (χ1v) is 11.5. The molecule has 0 aliphatic heterocycles. The van der Waals surface area contributed by atoms with Gasteiger partial charge in [-0.3, -0.25) is 9.59 Å². The minimum atomic E-state index is -3.55. The molecule has 3 rings (SSSR count). The van der Waals surface area contributed by atoms with Gasteiger partial charge in [0.15, 0.2) is 0 Å². The van der Waals surface area contributed by atoms with Crippen LogP contribution in [0, 0.1) is 0 Å². The fourth-order valence-corrected chi connectivity index (χ4v) is 4.68. The smallest absolute Gasteiger partial charge is 0.251 e. The maximum absolute atomic E-state index is 12.5. The second kappa shape index (κ2) is 9.72. The number of fused-ring (bicyclic) bond motifs is 1. The number of amides is 2. The third-order valence-corrected chi connectivity index (χ3v) is 6.97. The Morgan fingerprint density at radius 3 is 2.16 bits per heavy atom. The summed E-state index contributed by atoms with van der Waals surface area (Å²) in [6.07, 6.45) is 0. The Kier molecular flexibility index (Phi) is 7.04. The highest BCUT2D eigenvalue weighted by Crippen LogP contribution is 2.18. The van der Waals surface area contributed by atoms with E-state index in [4.69, 9.17) is 0 Å². The zero-order chi connectivity index (χ0) is 22.4. The molecule has 0 fully saturated rings. The molecule has 0 saturated heterocycles. The van der Waals surface area contributed by atoms with Gasteiger partial charge >= 0.3 is 0 Å². The van der Waals surface area contributed by atoms with Crippen LogP contribution in [0.2, 0.25) is 0 Å². The molecule has 8 heteroatoms. The number of hydrogen-bond acceptors (Lipinski definition) is 4. The minimum absolute atomic E-state index is 0.166. The Labute approximate surface area is 182 Å². The van der Waals surface area contributed by atoms with Gasteiger partial charge in [0.25, 0.3) is 5.91 Å². The summed E-state index contributed by atoms with van der Waals surface area (Å²) < 4.78 is 26.4. The third-order valence-electron chi connectivity index (χ3n) is 4.90. The summed E-state index contributed by atoms with van der Waals surface area (Å²) in [5, 5.41) is 7.22. The summed E-state index contributed by atoms with van der Waals surface area (Å²) in [7, 11) is -3.55. The molecular weight excluding hydrogens is 414 g/mol. The van der Waals surface area contributed by atoms with Crippen molar-refractivity contribution in [3.05, 3.63) is 72.3 Å². The van der Waals surface area contributed by atoms with E-state index >= 15 is 0 Å². The van der Waals surface area contributed by atoms with Gasteiger partial charge < -0.3 is 10.6 Å². The number of rotatable bonds is 8. The van der Waals surface area contributed by atoms with E-state index in [0.717, 1.165) is 10.8 Å². The van der Waals surface area contributed by atoms with Crippen molar-refractivity contribution in [2.45, 2.75) is 18.7 Å². The fourth-order valence-electron chi connectivity index (χ4n) is 3.22. The van der Waals surface area contributed by atoms with Crippen LogP contribution in [-0.4, -0.2) is 44.2 Å². The Balaban J connectivity index is 1.58. The van der Waals surface area contributed by atoms with Crippen molar-refractivity contribution >= 4 is 38.3 Å². The van der Waals surface area contributed by atoms with Crippen molar-refractivity contribution in [1.29, 1.82) is 0 Å². The van der Waals surface area contributed by atoms with Gasteiger partial charge in [-0.05, 0) is 47.2 Å². The van der Waals surface area contributed by atoms with Crippen LogP contribution in [0.4, 0.5) is 5.69 Å². The Morgan fingerprint density at radius 1 is 0.871 bits per heavy atom. The summed E-state index contributed by atoms with van der Waals surface area (Å²) in [4.78, 5) is 24.7. The van der Waals surface area contributed by atoms with E-state index in [0.29, 0.717) is 24.3 Å². The molecule has 0 saturated carbocycles. The van der Waals surface area contributed by atoms with E-state index < -0.39 is 15.9 Å². The number of carbonyl (C=O) groups is 2. The molecule has 7 nitrogen and oxygen atoms in total. The van der Waals surface area contributed by atoms with Crippen LogP contribution in [0.25, 0.3) is 10.8 Å². The summed E-state index contributed by atoms with van der Waals surface area (Å²) in [5.41, 5.74) is 0.918. The van der Waals surface area contributed by atoms with E-state index in [1.54, 1.807) is 26.0 Å². The SMILES string of the molecule is CCN(CC)S(=O)(=O)c1ccc(NC(=O)CNC(=O)c2ccc3ccccc3c2)cc1. The normalized spacial score (nSPS) is 11.5. The van der Waals surface area contributed by atoms with Crippen molar-refractivity contribution in [1.82, 2.24) is 9.62 Å². The third kappa shape index (κ3) is 5.28. The summed E-state index contributed by atoms with van der Waals surface area (Å²) in [6, 6.07) is 19.0. The molecule has 0 aromatic heterocycles. The summed E-state index contributed by atoms with van der Waals surface area (Å²) in [6.45, 7) is 4.12. The van der Waals surface area contributed by atoms with Crippen molar-refractivity contribution in [2.24, 2.45) is 0 Å². The lowest BCUT2D eigenvalue weighted by Crippen LogP contribution is -2.33. The second-order valence-corrected chi connectivity index (χ2v) is 8.84. The molecule has 0 heterocycles. The lowest BCUT2D eigenvalue weighted by molar-refractivity contribution is -0.115. The number of benzene rings is 3. The Bertz CT molecular complexity index is 1190. The van der Waals surface area contributed by atoms with Crippen molar-refractivity contribution in [3.8, 4) is 0 Å². The summed E-state index contributed by atoms with van der Waals surface area (Å²) in [5.74, 6) is -0.755. The first-order valence-electron chi connectivity index (χ1n) is 10.0. The van der Waals surface area contributed by atoms with Crippen LogP contribution in [0.1, 0.15) is 24.2 Å². The van der Waals surface area contributed by atoms with Crippen molar-refractivity contribution < 1.29 is 18.0 Å². The van der Waals surface area contributed by atoms with Crippen LogP contribution >= 0.6 is 0 Å². The van der Waals surface area contributed by atoms with E-state index in [1.165, 1.54) is 28.6 Å². The number of nitrogens with one attached hydrogen (secondary N) is 2. The minimum Gasteiger partial charge on any atom is -0.343 e. The Morgan fingerprint density at radius 2 is 1.52 bits per heavy atom. The van der Waals surface area contributed by atoms with Gasteiger partial charge in [-0.25, -0.2) is 8.42 Å². The molecule has 3 aromatic carbocycles. The number of anilines is 1. The van der Waals surface area contributed by atoms with E-state index in [9.17, 15) is 18.0 Å². The van der Waals surface area contributed by atoms with E-state index in [2.05, 4.69) is 10.6 Å². The monoisotopic (exact) mass is 439 g/mol. The van der Waals surface area contributed by atoms with Gasteiger partial charge in [0.2, 0.25) is 15.9 Å². The van der Waals surface area contributed by atoms with Crippen molar-refractivity contribution in [3.63, 3.8) is 0 Å². The zero-order valence-electron chi connectivity index (χ0n) is 17.5. The van der Waals surface area contributed by atoms with Gasteiger partial charge in [-0.1, -0.05) is 44.2 Å². The van der Waals surface area contributed by atoms with Gasteiger partial charge in [0.05, 0.1) is 11.4 Å². The van der Waals surface area contributed by atoms with Crippen LogP contribution in [0.3, 0.4) is 0 Å². The average molecular weight is 440 g/mol. The molecule has 0 bridgehead atoms. The molecule has 0 spiro atoms. The highest BCUT2D eigenvalue weighted by atomic mass is 32.2. The Hall–Kier alpha value is -3.23. The molecule has 162 valence electrons. The molecule has 0 atom stereocenters. The largest absolute Gasteiger partial charge is 0.343 e. The van der Waals surface area contributed by atoms with Crippen LogP contribution in [0.5, 0.6) is 0 Å². The zero-order valence-corrected chi connectivity index (χ0v) is 18.3. The first kappa shape index (κ1) is 22.5. The highest BCUT2D eigenvalue weighted by Gasteiger charge is 2.21. The number of nitrogens with zero attached hydrogens (tertiary/aromatic N) is 1. The molecule has 0 unspecified atom stereocenters. The molecule has 2 amide bonds. The number of carbonyl (C=O) groups excluding carboxylic acids is 2.